The lowest BCUT2D eigenvalue weighted by Crippen LogP contribution is -2.47. The van der Waals surface area contributed by atoms with Crippen molar-refractivity contribution in [3.05, 3.63) is 90.1 Å². The van der Waals surface area contributed by atoms with E-state index in [0.29, 0.717) is 11.4 Å². The van der Waals surface area contributed by atoms with E-state index in [1.165, 1.54) is 12.5 Å². The second kappa shape index (κ2) is 11.7. The van der Waals surface area contributed by atoms with Gasteiger partial charge < -0.3 is 10.3 Å². The van der Waals surface area contributed by atoms with Crippen LogP contribution in [-0.4, -0.2) is 43.3 Å². The molecule has 41 heavy (non-hydrogen) atoms. The average molecular weight is 573 g/mol. The van der Waals surface area contributed by atoms with Crippen LogP contribution in [0.1, 0.15) is 58.2 Å². The van der Waals surface area contributed by atoms with Crippen LogP contribution in [-0.2, 0) is 26.8 Å². The van der Waals surface area contributed by atoms with Crippen LogP contribution in [0.4, 0.5) is 11.4 Å². The van der Waals surface area contributed by atoms with Crippen LogP contribution in [0, 0.1) is 0 Å². The number of amides is 1. The predicted molar refractivity (Wildman–Crippen MR) is 167 cm³/mol. The number of rotatable bonds is 9. The Labute approximate surface area is 243 Å². The molecule has 0 bridgehead atoms. The third-order valence-corrected chi connectivity index (χ3v) is 10.2. The first kappa shape index (κ1) is 28.9. The molecule has 0 atom stereocenters. The van der Waals surface area contributed by atoms with Crippen molar-refractivity contribution in [2.75, 3.05) is 22.7 Å². The molecule has 1 fully saturated rings. The number of hydrogen-bond donors (Lipinski definition) is 2. The van der Waals surface area contributed by atoms with Crippen molar-refractivity contribution in [2.45, 2.75) is 69.9 Å². The van der Waals surface area contributed by atoms with Crippen molar-refractivity contribution in [1.29, 1.82) is 0 Å². The highest BCUT2D eigenvalue weighted by molar-refractivity contribution is 7.92. The van der Waals surface area contributed by atoms with E-state index < -0.39 is 10.0 Å². The Balaban J connectivity index is 1.48. The van der Waals surface area contributed by atoms with Gasteiger partial charge in [-0.2, -0.15) is 0 Å². The Morgan fingerprint density at radius 1 is 1.00 bits per heavy atom. The standard InChI is InChI=1S/C33H40N4O3S/c1-5-33(3,4)32-22-26-21-29(13-16-31(26)35-32)37(41(39,40)30-14-11-27(12-15-30)34-24(2)38)28-17-19-36(20-18-28)23-25-9-7-6-8-10-25/h6-16,21-22,28,35H,5,17-20,23H2,1-4H3,(H,34,38). The number of sulfonamides is 1. The maximum absolute atomic E-state index is 14.3. The zero-order valence-electron chi connectivity index (χ0n) is 24.4. The number of carbonyl (C=O) groups is 1. The molecule has 5 rings (SSSR count). The van der Waals surface area contributed by atoms with Gasteiger partial charge >= 0.3 is 0 Å². The number of likely N-dealkylation sites (tertiary alicyclic amines) is 1. The molecule has 4 aromatic rings. The molecular formula is C33H40N4O3S. The largest absolute Gasteiger partial charge is 0.358 e. The number of H-pyrrole nitrogens is 1. The molecule has 1 aliphatic heterocycles. The molecule has 0 radical (unpaired) electrons. The zero-order valence-corrected chi connectivity index (χ0v) is 25.2. The van der Waals surface area contributed by atoms with E-state index in [2.05, 4.69) is 66.3 Å². The fraction of sp³-hybridized carbons (Fsp3) is 0.364. The van der Waals surface area contributed by atoms with E-state index >= 15 is 0 Å². The second-order valence-electron chi connectivity index (χ2n) is 11.7. The Bertz CT molecular complexity index is 1600. The second-order valence-corrected chi connectivity index (χ2v) is 13.5. The fourth-order valence-corrected chi connectivity index (χ4v) is 7.24. The van der Waals surface area contributed by atoms with Gasteiger partial charge in [0.05, 0.1) is 10.6 Å². The van der Waals surface area contributed by atoms with Gasteiger partial charge in [-0.1, -0.05) is 51.1 Å². The van der Waals surface area contributed by atoms with Crippen molar-refractivity contribution in [1.82, 2.24) is 9.88 Å². The van der Waals surface area contributed by atoms with Gasteiger partial charge in [-0.15, -0.1) is 0 Å². The molecule has 1 amide bonds. The van der Waals surface area contributed by atoms with Crippen molar-refractivity contribution in [2.24, 2.45) is 0 Å². The summed E-state index contributed by atoms with van der Waals surface area (Å²) in [4.78, 5) is 17.6. The van der Waals surface area contributed by atoms with Crippen LogP contribution in [0.15, 0.2) is 83.8 Å². The van der Waals surface area contributed by atoms with E-state index in [4.69, 9.17) is 0 Å². The van der Waals surface area contributed by atoms with Crippen molar-refractivity contribution < 1.29 is 13.2 Å². The quantitative estimate of drug-likeness (QED) is 0.234. The van der Waals surface area contributed by atoms with Crippen LogP contribution in [0.3, 0.4) is 0 Å². The van der Waals surface area contributed by atoms with E-state index in [9.17, 15) is 13.2 Å². The highest BCUT2D eigenvalue weighted by atomic mass is 32.2. The van der Waals surface area contributed by atoms with Gasteiger partial charge in [0.15, 0.2) is 0 Å². The van der Waals surface area contributed by atoms with Crippen LogP contribution < -0.4 is 9.62 Å². The normalized spacial score (nSPS) is 15.2. The minimum absolute atomic E-state index is 0.00776. The number of nitrogens with zero attached hydrogens (tertiary/aromatic N) is 2. The maximum atomic E-state index is 14.3. The summed E-state index contributed by atoms with van der Waals surface area (Å²) in [7, 11) is -3.88. The first-order valence-electron chi connectivity index (χ1n) is 14.4. The first-order valence-corrected chi connectivity index (χ1v) is 15.8. The predicted octanol–water partition coefficient (Wildman–Crippen LogP) is 6.67. The van der Waals surface area contributed by atoms with Gasteiger partial charge in [0.1, 0.15) is 0 Å². The molecule has 1 aliphatic rings. The van der Waals surface area contributed by atoms with E-state index in [1.54, 1.807) is 28.6 Å². The summed E-state index contributed by atoms with van der Waals surface area (Å²) in [5.41, 5.74) is 4.64. The number of hydrogen-bond acceptors (Lipinski definition) is 4. The molecular weight excluding hydrogens is 532 g/mol. The summed E-state index contributed by atoms with van der Waals surface area (Å²) in [5.74, 6) is -0.199. The molecule has 8 heteroatoms. The molecule has 0 saturated carbocycles. The smallest absolute Gasteiger partial charge is 0.264 e. The van der Waals surface area contributed by atoms with Gasteiger partial charge in [-0.05, 0) is 73.4 Å². The Kier molecular flexibility index (Phi) is 8.25. The number of benzene rings is 3. The SMILES string of the molecule is CCC(C)(C)c1cc2cc(N(C3CCN(Cc4ccccc4)CC3)S(=O)(=O)c3ccc(NC(C)=O)cc3)ccc2[nH]1. The molecule has 7 nitrogen and oxygen atoms in total. The Hall–Kier alpha value is -3.62. The Morgan fingerprint density at radius 2 is 1.68 bits per heavy atom. The number of carbonyl (C=O) groups excluding carboxylic acids is 1. The van der Waals surface area contributed by atoms with Crippen molar-refractivity contribution >= 4 is 38.2 Å². The van der Waals surface area contributed by atoms with E-state index in [0.717, 1.165) is 55.5 Å². The summed E-state index contributed by atoms with van der Waals surface area (Å²) < 4.78 is 30.2. The lowest BCUT2D eigenvalue weighted by atomic mass is 9.86. The molecule has 3 aromatic carbocycles. The number of aromatic nitrogens is 1. The van der Waals surface area contributed by atoms with Crippen molar-refractivity contribution in [3.8, 4) is 0 Å². The summed E-state index contributed by atoms with van der Waals surface area (Å²) in [6.07, 6.45) is 2.45. The summed E-state index contributed by atoms with van der Waals surface area (Å²) in [6, 6.07) is 24.7. The minimum Gasteiger partial charge on any atom is -0.358 e. The highest BCUT2D eigenvalue weighted by Gasteiger charge is 2.34. The molecule has 0 spiro atoms. The third kappa shape index (κ3) is 6.34. The van der Waals surface area contributed by atoms with E-state index in [1.807, 2.05) is 24.3 Å². The number of fused-ring (bicyclic) bond motifs is 1. The van der Waals surface area contributed by atoms with Gasteiger partial charge in [0, 0.05) is 60.3 Å². The molecule has 1 saturated heterocycles. The van der Waals surface area contributed by atoms with Crippen molar-refractivity contribution in [3.63, 3.8) is 0 Å². The topological polar surface area (TPSA) is 85.5 Å². The molecule has 2 heterocycles. The summed E-state index contributed by atoms with van der Waals surface area (Å²) in [5, 5.41) is 3.72. The third-order valence-electron chi connectivity index (χ3n) is 8.34. The van der Waals surface area contributed by atoms with Crippen LogP contribution >= 0.6 is 0 Å². The molecule has 0 aliphatic carbocycles. The first-order chi connectivity index (χ1) is 19.6. The summed E-state index contributed by atoms with van der Waals surface area (Å²) >= 11 is 0. The van der Waals surface area contributed by atoms with E-state index in [-0.39, 0.29) is 22.3 Å². The van der Waals surface area contributed by atoms with Crippen LogP contribution in [0.5, 0.6) is 0 Å². The monoisotopic (exact) mass is 572 g/mol. The van der Waals surface area contributed by atoms with Gasteiger partial charge in [-0.25, -0.2) is 8.42 Å². The van der Waals surface area contributed by atoms with Gasteiger partial charge in [0.25, 0.3) is 10.0 Å². The molecule has 1 aromatic heterocycles. The zero-order chi connectivity index (χ0) is 29.2. The fourth-order valence-electron chi connectivity index (χ4n) is 5.54. The van der Waals surface area contributed by atoms with Gasteiger partial charge in [0.2, 0.25) is 5.91 Å². The highest BCUT2D eigenvalue weighted by Crippen LogP contribution is 2.35. The molecule has 0 unspecified atom stereocenters. The van der Waals surface area contributed by atoms with Crippen LogP contribution in [0.2, 0.25) is 0 Å². The number of piperidine rings is 1. The lowest BCUT2D eigenvalue weighted by Gasteiger charge is -2.39. The number of anilines is 2. The Morgan fingerprint density at radius 3 is 2.32 bits per heavy atom. The lowest BCUT2D eigenvalue weighted by molar-refractivity contribution is -0.114. The molecule has 216 valence electrons. The molecule has 2 N–H and O–H groups in total. The summed E-state index contributed by atoms with van der Waals surface area (Å²) in [6.45, 7) is 10.5. The number of nitrogens with one attached hydrogen (secondary N) is 2. The minimum atomic E-state index is -3.88. The average Bonchev–Trinajstić information content (AvgIpc) is 3.39. The number of aromatic amines is 1. The maximum Gasteiger partial charge on any atom is 0.264 e. The van der Waals surface area contributed by atoms with Crippen LogP contribution in [0.25, 0.3) is 10.9 Å². The van der Waals surface area contributed by atoms with Gasteiger partial charge in [-0.3, -0.25) is 14.0 Å².